The minimum absolute atomic E-state index is 0.342. The second kappa shape index (κ2) is 3.42. The summed E-state index contributed by atoms with van der Waals surface area (Å²) in [5.41, 5.74) is -1.63. The van der Waals surface area contributed by atoms with Crippen LogP contribution >= 0.6 is 12.2 Å². The van der Waals surface area contributed by atoms with Crippen LogP contribution in [0.1, 0.15) is 0 Å². The van der Waals surface area contributed by atoms with Crippen LogP contribution in [0.25, 0.3) is 0 Å². The van der Waals surface area contributed by atoms with E-state index in [0.29, 0.717) is 8.54 Å². The number of hydrogen-bond acceptors (Lipinski definition) is 5. The van der Waals surface area contributed by atoms with Gasteiger partial charge < -0.3 is 0 Å². The molecule has 7 nitrogen and oxygen atoms in total. The largest absolute Gasteiger partial charge is 0.348 e. The number of aromatic nitrogens is 3. The number of nitrogens with zero attached hydrogens (tertiary/aromatic N) is 3. The van der Waals surface area contributed by atoms with Crippen molar-refractivity contribution in [3.63, 3.8) is 0 Å². The van der Waals surface area contributed by atoms with Crippen LogP contribution in [0.15, 0.2) is 9.59 Å². The predicted molar refractivity (Wildman–Crippen MR) is 56.0 cm³/mol. The number of hydrogen-bond donors (Lipinski definition) is 0. The van der Waals surface area contributed by atoms with Gasteiger partial charge >= 0.3 is 11.4 Å². The Labute approximate surface area is 90.3 Å². The van der Waals surface area contributed by atoms with Crippen molar-refractivity contribution in [2.24, 2.45) is 14.1 Å². The first-order chi connectivity index (χ1) is 6.68. The lowest BCUT2D eigenvalue weighted by molar-refractivity contribution is 0.562. The first kappa shape index (κ1) is 11.9. The molecule has 0 radical (unpaired) electrons. The van der Waals surface area contributed by atoms with Crippen molar-refractivity contribution in [3.8, 4) is 0 Å². The quantitative estimate of drug-likeness (QED) is 0.563. The highest BCUT2D eigenvalue weighted by Gasteiger charge is 2.15. The van der Waals surface area contributed by atoms with Gasteiger partial charge in [-0.3, -0.25) is 4.57 Å². The molecule has 0 saturated heterocycles. The van der Waals surface area contributed by atoms with Gasteiger partial charge in [0.05, 0.1) is 6.26 Å². The maximum atomic E-state index is 11.5. The van der Waals surface area contributed by atoms with E-state index in [1.165, 1.54) is 14.1 Å². The van der Waals surface area contributed by atoms with Gasteiger partial charge in [0.1, 0.15) is 0 Å². The molecule has 0 bridgehead atoms. The molecule has 0 fully saturated rings. The molecule has 1 heterocycles. The molecule has 1 rings (SSSR count). The van der Waals surface area contributed by atoms with E-state index in [4.69, 9.17) is 12.2 Å². The normalized spacial score (nSPS) is 11.7. The lowest BCUT2D eigenvalue weighted by atomic mass is 10.9. The van der Waals surface area contributed by atoms with Crippen molar-refractivity contribution in [2.75, 3.05) is 6.26 Å². The van der Waals surface area contributed by atoms with Crippen LogP contribution in [0, 0.1) is 4.77 Å². The third kappa shape index (κ3) is 1.79. The van der Waals surface area contributed by atoms with Crippen LogP contribution in [-0.2, 0) is 24.1 Å². The van der Waals surface area contributed by atoms with Gasteiger partial charge in [-0.05, 0) is 12.2 Å². The first-order valence-electron chi connectivity index (χ1n) is 3.77. The maximum absolute atomic E-state index is 11.5. The average molecular weight is 251 g/mol. The Balaban J connectivity index is 4.13. The third-order valence-electron chi connectivity index (χ3n) is 1.83. The van der Waals surface area contributed by atoms with Crippen molar-refractivity contribution in [1.82, 2.24) is 13.1 Å². The summed E-state index contributed by atoms with van der Waals surface area (Å²) in [6.45, 7) is 0. The van der Waals surface area contributed by atoms with Crippen molar-refractivity contribution in [1.29, 1.82) is 0 Å². The summed E-state index contributed by atoms with van der Waals surface area (Å²) in [7, 11) is -1.33. The molecule has 1 aromatic rings. The molecule has 15 heavy (non-hydrogen) atoms. The fraction of sp³-hybridized carbons (Fsp3) is 0.500. The van der Waals surface area contributed by atoms with E-state index >= 15 is 0 Å². The standard InChI is InChI=1S/C6H9N3O4S2/c1-7-4(10)8(2)6(14)9(5(7)11)15(3,12)13/h1-3H3. The Hall–Kier alpha value is -1.22. The van der Waals surface area contributed by atoms with Gasteiger partial charge in [0.25, 0.3) is 0 Å². The van der Waals surface area contributed by atoms with E-state index in [-0.39, 0.29) is 4.77 Å². The molecule has 0 aliphatic carbocycles. The van der Waals surface area contributed by atoms with Crippen molar-refractivity contribution in [3.05, 3.63) is 25.7 Å². The lowest BCUT2D eigenvalue weighted by Gasteiger charge is -2.07. The molecule has 0 amide bonds. The minimum atomic E-state index is -3.81. The van der Waals surface area contributed by atoms with E-state index in [1.54, 1.807) is 0 Å². The lowest BCUT2D eigenvalue weighted by Crippen LogP contribution is -2.45. The summed E-state index contributed by atoms with van der Waals surface area (Å²) in [4.78, 5) is 22.8. The SMILES string of the molecule is Cn1c(=O)n(C)c(=S)n(S(C)(=O)=O)c1=O. The van der Waals surface area contributed by atoms with Crippen molar-refractivity contribution < 1.29 is 8.42 Å². The highest BCUT2D eigenvalue weighted by molar-refractivity contribution is 7.89. The molecule has 0 unspecified atom stereocenters. The van der Waals surface area contributed by atoms with Gasteiger partial charge in [0.2, 0.25) is 14.8 Å². The molecule has 0 aromatic carbocycles. The van der Waals surface area contributed by atoms with Crippen molar-refractivity contribution >= 4 is 22.2 Å². The smallest absolute Gasteiger partial charge is 0.272 e. The molecule has 0 saturated carbocycles. The van der Waals surface area contributed by atoms with Crippen LogP contribution in [0.2, 0.25) is 0 Å². The van der Waals surface area contributed by atoms with Gasteiger partial charge in [-0.2, -0.15) is 3.97 Å². The summed E-state index contributed by atoms with van der Waals surface area (Å²) in [5.74, 6) is 0. The van der Waals surface area contributed by atoms with E-state index in [0.717, 1.165) is 10.8 Å². The van der Waals surface area contributed by atoms with Crippen LogP contribution in [0.5, 0.6) is 0 Å². The molecule has 0 N–H and O–H groups in total. The molecule has 0 aliphatic rings. The third-order valence-corrected chi connectivity index (χ3v) is 3.39. The van der Waals surface area contributed by atoms with Gasteiger partial charge in [-0.15, -0.1) is 0 Å². The summed E-state index contributed by atoms with van der Waals surface area (Å²) in [5, 5.41) is 0. The zero-order valence-corrected chi connectivity index (χ0v) is 9.92. The fourth-order valence-electron chi connectivity index (χ4n) is 1.03. The average Bonchev–Trinajstić information content (AvgIpc) is 2.09. The molecule has 9 heteroatoms. The molecule has 0 aliphatic heterocycles. The molecular weight excluding hydrogens is 242 g/mol. The minimum Gasteiger partial charge on any atom is -0.272 e. The first-order valence-corrected chi connectivity index (χ1v) is 6.03. The highest BCUT2D eigenvalue weighted by atomic mass is 32.2. The van der Waals surface area contributed by atoms with Crippen LogP contribution in [-0.4, -0.2) is 27.8 Å². The molecule has 0 atom stereocenters. The summed E-state index contributed by atoms with van der Waals surface area (Å²) in [6.07, 6.45) is 0.842. The Morgan fingerprint density at radius 2 is 1.53 bits per heavy atom. The van der Waals surface area contributed by atoms with Crippen LogP contribution < -0.4 is 11.4 Å². The van der Waals surface area contributed by atoms with Crippen LogP contribution in [0.4, 0.5) is 0 Å². The zero-order valence-electron chi connectivity index (χ0n) is 8.29. The maximum Gasteiger partial charge on any atom is 0.348 e. The molecule has 0 spiro atoms. The second-order valence-corrected chi connectivity index (χ2v) is 5.19. The van der Waals surface area contributed by atoms with Crippen molar-refractivity contribution in [2.45, 2.75) is 0 Å². The zero-order chi connectivity index (χ0) is 12.0. The second-order valence-electron chi connectivity index (χ2n) is 2.99. The molecular formula is C6H9N3O4S2. The Morgan fingerprint density at radius 3 is 1.93 bits per heavy atom. The van der Waals surface area contributed by atoms with Crippen LogP contribution in [0.3, 0.4) is 0 Å². The number of rotatable bonds is 1. The Bertz CT molecular complexity index is 636. The Kier molecular flexibility index (Phi) is 2.70. The highest BCUT2D eigenvalue weighted by Crippen LogP contribution is 1.89. The van der Waals surface area contributed by atoms with Gasteiger partial charge in [0.15, 0.2) is 0 Å². The molecule has 1 aromatic heterocycles. The monoisotopic (exact) mass is 251 g/mol. The Morgan fingerprint density at radius 1 is 1.07 bits per heavy atom. The van der Waals surface area contributed by atoms with Gasteiger partial charge in [-0.1, -0.05) is 0 Å². The van der Waals surface area contributed by atoms with E-state index < -0.39 is 21.4 Å². The summed E-state index contributed by atoms with van der Waals surface area (Å²) >= 11 is 4.71. The topological polar surface area (TPSA) is 83.1 Å². The van der Waals surface area contributed by atoms with Gasteiger partial charge in [-0.25, -0.2) is 22.6 Å². The predicted octanol–water partition coefficient (Wildman–Crippen LogP) is -1.58. The fourth-order valence-corrected chi connectivity index (χ4v) is 2.40. The van der Waals surface area contributed by atoms with E-state index in [2.05, 4.69) is 0 Å². The molecule has 84 valence electrons. The summed E-state index contributed by atoms with van der Waals surface area (Å²) < 4.78 is 24.2. The van der Waals surface area contributed by atoms with Gasteiger partial charge in [0, 0.05) is 14.1 Å². The van der Waals surface area contributed by atoms with E-state index in [9.17, 15) is 18.0 Å². The van der Waals surface area contributed by atoms with E-state index in [1.807, 2.05) is 0 Å². The summed E-state index contributed by atoms with van der Waals surface area (Å²) in [6, 6.07) is 0.